The van der Waals surface area contributed by atoms with Gasteiger partial charge in [0.05, 0.1) is 27.5 Å². The van der Waals surface area contributed by atoms with Crippen LogP contribution in [0.5, 0.6) is 0 Å². The molecule has 2 heterocycles. The summed E-state index contributed by atoms with van der Waals surface area (Å²) in [7, 11) is 3.79. The first-order valence-electron chi connectivity index (χ1n) is 9.73. The average molecular weight is 383 g/mol. The minimum absolute atomic E-state index is 0.0244. The maximum atomic E-state index is 13.5. The van der Waals surface area contributed by atoms with Crippen LogP contribution >= 0.6 is 0 Å². The Bertz CT molecular complexity index is 1560. The van der Waals surface area contributed by atoms with Crippen molar-refractivity contribution in [1.29, 1.82) is 0 Å². The van der Waals surface area contributed by atoms with Gasteiger partial charge in [-0.05, 0) is 42.3 Å². The van der Waals surface area contributed by atoms with Gasteiger partial charge in [0.15, 0.2) is 10.9 Å². The van der Waals surface area contributed by atoms with E-state index < -0.39 is 0 Å². The zero-order valence-electron chi connectivity index (χ0n) is 16.6. The number of aromatic amines is 2. The largest absolute Gasteiger partial charge is 0.375 e. The van der Waals surface area contributed by atoms with Gasteiger partial charge in [0.1, 0.15) is 0 Å². The van der Waals surface area contributed by atoms with Gasteiger partial charge in [-0.1, -0.05) is 25.1 Å². The van der Waals surface area contributed by atoms with Crippen LogP contribution in [0.1, 0.15) is 12.5 Å². The van der Waals surface area contributed by atoms with E-state index in [-0.39, 0.29) is 10.9 Å². The molecule has 0 saturated carbocycles. The molecule has 29 heavy (non-hydrogen) atoms. The second-order valence-electron chi connectivity index (χ2n) is 7.65. The molecule has 3 aromatic carbocycles. The molecule has 0 aliphatic rings. The van der Waals surface area contributed by atoms with Gasteiger partial charge in [0.25, 0.3) is 0 Å². The molecule has 0 saturated heterocycles. The van der Waals surface area contributed by atoms with Gasteiger partial charge in [-0.15, -0.1) is 0 Å². The van der Waals surface area contributed by atoms with E-state index in [1.165, 1.54) is 0 Å². The number of nitrogens with one attached hydrogen (secondary N) is 2. The van der Waals surface area contributed by atoms with E-state index in [0.29, 0.717) is 32.6 Å². The summed E-state index contributed by atoms with van der Waals surface area (Å²) in [5.74, 6) is 0. The molecule has 2 aromatic heterocycles. The lowest BCUT2D eigenvalue weighted by Crippen LogP contribution is -2.17. The second kappa shape index (κ2) is 6.21. The number of nitrogens with zero attached hydrogens (tertiary/aromatic N) is 1. The van der Waals surface area contributed by atoms with Crippen molar-refractivity contribution < 1.29 is 0 Å². The Morgan fingerprint density at radius 3 is 2.31 bits per heavy atom. The topological polar surface area (TPSA) is 69.0 Å². The molecular weight excluding hydrogens is 362 g/mol. The Morgan fingerprint density at radius 2 is 1.55 bits per heavy atom. The van der Waals surface area contributed by atoms with E-state index >= 15 is 0 Å². The molecule has 5 nitrogen and oxygen atoms in total. The van der Waals surface area contributed by atoms with Crippen molar-refractivity contribution in [1.82, 2.24) is 9.97 Å². The lowest BCUT2D eigenvalue weighted by molar-refractivity contribution is 1.14. The number of H-pyrrole nitrogens is 2. The molecule has 5 rings (SSSR count). The number of pyridine rings is 2. The van der Waals surface area contributed by atoms with Crippen molar-refractivity contribution in [3.63, 3.8) is 0 Å². The average Bonchev–Trinajstić information content (AvgIpc) is 2.73. The summed E-state index contributed by atoms with van der Waals surface area (Å²) >= 11 is 0. The Labute approximate surface area is 166 Å². The van der Waals surface area contributed by atoms with Crippen LogP contribution < -0.4 is 15.8 Å². The molecule has 0 aliphatic carbocycles. The second-order valence-corrected chi connectivity index (χ2v) is 7.65. The summed E-state index contributed by atoms with van der Waals surface area (Å²) in [4.78, 5) is 35.4. The van der Waals surface area contributed by atoms with Crippen LogP contribution in [0.25, 0.3) is 43.6 Å². The van der Waals surface area contributed by atoms with Gasteiger partial charge in [0, 0.05) is 35.9 Å². The number of para-hydroxylation sites is 1. The summed E-state index contributed by atoms with van der Waals surface area (Å²) in [5.41, 5.74) is 4.68. The summed E-state index contributed by atoms with van der Waals surface area (Å²) in [6.45, 7) is 2.07. The predicted molar refractivity (Wildman–Crippen MR) is 121 cm³/mol. The summed E-state index contributed by atoms with van der Waals surface area (Å²) < 4.78 is 0. The van der Waals surface area contributed by atoms with Crippen LogP contribution in [0.4, 0.5) is 5.69 Å². The highest BCUT2D eigenvalue weighted by molar-refractivity contribution is 6.12. The number of hydrogen-bond acceptors (Lipinski definition) is 3. The predicted octanol–water partition coefficient (Wildman–Crippen LogP) is 4.30. The normalized spacial score (nSPS) is 11.7. The van der Waals surface area contributed by atoms with Crippen LogP contribution in [0.2, 0.25) is 0 Å². The van der Waals surface area contributed by atoms with Crippen molar-refractivity contribution in [3.05, 3.63) is 74.5 Å². The molecule has 0 aliphatic heterocycles. The highest BCUT2D eigenvalue weighted by Crippen LogP contribution is 2.32. The standard InChI is InChI=1S/C24H21N3O2/c1-4-13-9-10-18-15(11-13)24(29)20-19(25-18)12-16-21(22(20)27(2)3)26-17-8-6-5-7-14(17)23(16)28/h5-12H,4H2,1-3H3,(H,25,29)(H,26,28). The zero-order chi connectivity index (χ0) is 20.3. The van der Waals surface area contributed by atoms with E-state index in [1.54, 1.807) is 6.07 Å². The number of hydrogen-bond donors (Lipinski definition) is 2. The maximum Gasteiger partial charge on any atom is 0.199 e. The molecule has 5 heteroatoms. The molecule has 0 fully saturated rings. The quantitative estimate of drug-likeness (QED) is 0.447. The molecule has 0 spiro atoms. The van der Waals surface area contributed by atoms with E-state index in [2.05, 4.69) is 16.9 Å². The lowest BCUT2D eigenvalue weighted by Gasteiger charge is -2.19. The van der Waals surface area contributed by atoms with Crippen molar-refractivity contribution in [3.8, 4) is 0 Å². The van der Waals surface area contributed by atoms with Crippen LogP contribution in [0, 0.1) is 0 Å². The molecule has 0 bridgehead atoms. The minimum atomic E-state index is -0.0402. The van der Waals surface area contributed by atoms with Crippen molar-refractivity contribution >= 4 is 49.3 Å². The van der Waals surface area contributed by atoms with Crippen molar-refractivity contribution in [2.45, 2.75) is 13.3 Å². The van der Waals surface area contributed by atoms with Gasteiger partial charge < -0.3 is 14.9 Å². The van der Waals surface area contributed by atoms with Gasteiger partial charge in [-0.25, -0.2) is 0 Å². The molecule has 0 atom stereocenters. The van der Waals surface area contributed by atoms with Crippen molar-refractivity contribution in [2.24, 2.45) is 0 Å². The molecule has 0 amide bonds. The molecular formula is C24H21N3O2. The van der Waals surface area contributed by atoms with Crippen LogP contribution in [0.15, 0.2) is 58.1 Å². The Balaban J connectivity index is 2.07. The summed E-state index contributed by atoms with van der Waals surface area (Å²) in [6, 6.07) is 15.2. The molecule has 0 radical (unpaired) electrons. The summed E-state index contributed by atoms with van der Waals surface area (Å²) in [5, 5.41) is 2.47. The number of aromatic nitrogens is 2. The first kappa shape index (κ1) is 17.5. The Morgan fingerprint density at radius 1 is 0.793 bits per heavy atom. The Hall–Kier alpha value is -3.60. The molecule has 144 valence electrons. The fraction of sp³-hybridized carbons (Fsp3) is 0.167. The van der Waals surface area contributed by atoms with Crippen LogP contribution in [0.3, 0.4) is 0 Å². The number of benzene rings is 3. The zero-order valence-corrected chi connectivity index (χ0v) is 16.6. The van der Waals surface area contributed by atoms with Crippen LogP contribution in [-0.2, 0) is 6.42 Å². The highest BCUT2D eigenvalue weighted by atomic mass is 16.1. The van der Waals surface area contributed by atoms with Crippen LogP contribution in [-0.4, -0.2) is 24.1 Å². The lowest BCUT2D eigenvalue weighted by atomic mass is 10.0. The molecule has 5 aromatic rings. The van der Waals surface area contributed by atoms with E-state index in [0.717, 1.165) is 28.7 Å². The first-order chi connectivity index (χ1) is 14.0. The third kappa shape index (κ3) is 2.47. The monoisotopic (exact) mass is 383 g/mol. The minimum Gasteiger partial charge on any atom is -0.375 e. The Kier molecular flexibility index (Phi) is 3.74. The van der Waals surface area contributed by atoms with Gasteiger partial charge in [-0.3, -0.25) is 9.59 Å². The fourth-order valence-corrected chi connectivity index (χ4v) is 4.21. The van der Waals surface area contributed by atoms with E-state index in [1.807, 2.05) is 61.5 Å². The SMILES string of the molecule is CCc1ccc2[nH]c3cc4c(=O)c5ccccc5[nH]c4c(N(C)C)c3c(=O)c2c1. The molecule has 2 N–H and O–H groups in total. The highest BCUT2D eigenvalue weighted by Gasteiger charge is 2.18. The van der Waals surface area contributed by atoms with E-state index in [9.17, 15) is 9.59 Å². The first-order valence-corrected chi connectivity index (χ1v) is 9.73. The van der Waals surface area contributed by atoms with Gasteiger partial charge in [-0.2, -0.15) is 0 Å². The number of fused-ring (bicyclic) bond motifs is 4. The third-order valence-electron chi connectivity index (χ3n) is 5.66. The smallest absolute Gasteiger partial charge is 0.199 e. The van der Waals surface area contributed by atoms with E-state index in [4.69, 9.17) is 0 Å². The third-order valence-corrected chi connectivity index (χ3v) is 5.66. The van der Waals surface area contributed by atoms with Gasteiger partial charge >= 0.3 is 0 Å². The number of anilines is 1. The molecule has 0 unspecified atom stereocenters. The van der Waals surface area contributed by atoms with Crippen molar-refractivity contribution in [2.75, 3.05) is 19.0 Å². The van der Waals surface area contributed by atoms with Gasteiger partial charge in [0.2, 0.25) is 0 Å². The number of aryl methyl sites for hydroxylation is 1. The maximum absolute atomic E-state index is 13.5. The fourth-order valence-electron chi connectivity index (χ4n) is 4.21. The summed E-state index contributed by atoms with van der Waals surface area (Å²) in [6.07, 6.45) is 0.866. The number of rotatable bonds is 2.